The molecular weight excluding hydrogens is 262 g/mol. The molecule has 0 unspecified atom stereocenters. The highest BCUT2D eigenvalue weighted by atomic mass is 16.6. The van der Waals surface area contributed by atoms with Gasteiger partial charge in [0.05, 0.1) is 17.1 Å². The second kappa shape index (κ2) is 7.32. The van der Waals surface area contributed by atoms with Gasteiger partial charge in [-0.3, -0.25) is 14.9 Å². The zero-order valence-corrected chi connectivity index (χ0v) is 11.8. The standard InChI is InChI=1S/C13H19N3O4/c1-9(2)20-12-7-10(6-11(8-12)16(18)19)15-5-4-13(17)14-3/h6-9,15H,4-5H2,1-3H3,(H,14,17). The largest absolute Gasteiger partial charge is 0.491 e. The molecular formula is C13H19N3O4. The van der Waals surface area contributed by atoms with E-state index in [0.717, 1.165) is 0 Å². The molecule has 0 spiro atoms. The maximum atomic E-state index is 11.1. The quantitative estimate of drug-likeness (QED) is 0.588. The highest BCUT2D eigenvalue weighted by Gasteiger charge is 2.11. The van der Waals surface area contributed by atoms with Gasteiger partial charge in [0.25, 0.3) is 5.69 Å². The predicted octanol–water partition coefficient (Wildman–Crippen LogP) is 1.93. The number of carbonyl (C=O) groups excluding carboxylic acids is 1. The average Bonchev–Trinajstić information content (AvgIpc) is 2.37. The number of carbonyl (C=O) groups is 1. The van der Waals surface area contributed by atoms with Crippen molar-refractivity contribution in [2.24, 2.45) is 0 Å². The van der Waals surface area contributed by atoms with E-state index < -0.39 is 4.92 Å². The summed E-state index contributed by atoms with van der Waals surface area (Å²) in [5.74, 6) is 0.332. The molecule has 0 atom stereocenters. The Hall–Kier alpha value is -2.31. The van der Waals surface area contributed by atoms with Crippen molar-refractivity contribution in [2.75, 3.05) is 18.9 Å². The average molecular weight is 281 g/mol. The number of ether oxygens (including phenoxy) is 1. The van der Waals surface area contributed by atoms with Crippen LogP contribution in [-0.4, -0.2) is 30.5 Å². The van der Waals surface area contributed by atoms with Gasteiger partial charge in [-0.2, -0.15) is 0 Å². The molecule has 20 heavy (non-hydrogen) atoms. The van der Waals surface area contributed by atoms with Gasteiger partial charge in [0, 0.05) is 37.8 Å². The smallest absolute Gasteiger partial charge is 0.275 e. The van der Waals surface area contributed by atoms with Gasteiger partial charge in [0.1, 0.15) is 5.75 Å². The number of non-ortho nitro benzene ring substituents is 1. The van der Waals surface area contributed by atoms with Gasteiger partial charge >= 0.3 is 0 Å². The van der Waals surface area contributed by atoms with Crippen LogP contribution in [0.15, 0.2) is 18.2 Å². The van der Waals surface area contributed by atoms with Gasteiger partial charge in [0.15, 0.2) is 0 Å². The third kappa shape index (κ3) is 5.13. The molecule has 0 fully saturated rings. The Morgan fingerprint density at radius 2 is 2.10 bits per heavy atom. The van der Waals surface area contributed by atoms with E-state index in [9.17, 15) is 14.9 Å². The summed E-state index contributed by atoms with van der Waals surface area (Å²) >= 11 is 0. The molecule has 110 valence electrons. The lowest BCUT2D eigenvalue weighted by atomic mass is 10.2. The summed E-state index contributed by atoms with van der Waals surface area (Å²) in [4.78, 5) is 21.5. The molecule has 0 heterocycles. The lowest BCUT2D eigenvalue weighted by Gasteiger charge is -2.12. The number of amides is 1. The Bertz CT molecular complexity index is 489. The maximum absolute atomic E-state index is 11.1. The molecule has 0 saturated heterocycles. The van der Waals surface area contributed by atoms with Crippen LogP contribution in [0, 0.1) is 10.1 Å². The van der Waals surface area contributed by atoms with Gasteiger partial charge in [-0.1, -0.05) is 0 Å². The number of nitro benzene ring substituents is 1. The lowest BCUT2D eigenvalue weighted by molar-refractivity contribution is -0.384. The van der Waals surface area contributed by atoms with E-state index >= 15 is 0 Å². The van der Waals surface area contributed by atoms with Crippen LogP contribution in [0.1, 0.15) is 20.3 Å². The monoisotopic (exact) mass is 281 g/mol. The van der Waals surface area contributed by atoms with Crippen molar-refractivity contribution < 1.29 is 14.5 Å². The van der Waals surface area contributed by atoms with E-state index in [1.165, 1.54) is 12.1 Å². The molecule has 1 rings (SSSR count). The molecule has 0 aliphatic rings. The summed E-state index contributed by atoms with van der Waals surface area (Å²) in [7, 11) is 1.56. The number of anilines is 1. The van der Waals surface area contributed by atoms with E-state index in [-0.39, 0.29) is 17.7 Å². The van der Waals surface area contributed by atoms with Gasteiger partial charge in [0.2, 0.25) is 5.91 Å². The number of nitrogens with zero attached hydrogens (tertiary/aromatic N) is 1. The van der Waals surface area contributed by atoms with Crippen molar-refractivity contribution in [3.05, 3.63) is 28.3 Å². The van der Waals surface area contributed by atoms with Crippen molar-refractivity contribution in [1.82, 2.24) is 5.32 Å². The molecule has 7 heteroatoms. The summed E-state index contributed by atoms with van der Waals surface area (Å²) in [5.41, 5.74) is 0.504. The molecule has 0 aliphatic carbocycles. The highest BCUT2D eigenvalue weighted by molar-refractivity contribution is 5.76. The first-order valence-corrected chi connectivity index (χ1v) is 6.33. The van der Waals surface area contributed by atoms with Crippen LogP contribution < -0.4 is 15.4 Å². The summed E-state index contributed by atoms with van der Waals surface area (Å²) in [6.07, 6.45) is 0.218. The van der Waals surface area contributed by atoms with Gasteiger partial charge in [-0.05, 0) is 13.8 Å². The van der Waals surface area contributed by atoms with Crippen molar-refractivity contribution >= 4 is 17.3 Å². The van der Waals surface area contributed by atoms with Crippen LogP contribution in [0.5, 0.6) is 5.75 Å². The van der Waals surface area contributed by atoms with Crippen molar-refractivity contribution in [1.29, 1.82) is 0 Å². The van der Waals surface area contributed by atoms with Crippen molar-refractivity contribution in [2.45, 2.75) is 26.4 Å². The molecule has 1 amide bonds. The summed E-state index contributed by atoms with van der Waals surface area (Å²) in [5, 5.41) is 16.4. The lowest BCUT2D eigenvalue weighted by Crippen LogP contribution is -2.20. The third-order valence-corrected chi connectivity index (χ3v) is 2.43. The molecule has 0 saturated carbocycles. The molecule has 0 aromatic heterocycles. The molecule has 7 nitrogen and oxygen atoms in total. The zero-order valence-electron chi connectivity index (χ0n) is 11.8. The molecule has 1 aromatic rings. The Balaban J connectivity index is 2.80. The first kappa shape index (κ1) is 15.7. The molecule has 1 aromatic carbocycles. The van der Waals surface area contributed by atoms with Crippen LogP contribution in [0.4, 0.5) is 11.4 Å². The van der Waals surface area contributed by atoms with E-state index in [1.807, 2.05) is 13.8 Å². The van der Waals surface area contributed by atoms with Gasteiger partial charge < -0.3 is 15.4 Å². The van der Waals surface area contributed by atoms with Gasteiger partial charge in [-0.15, -0.1) is 0 Å². The molecule has 0 aliphatic heterocycles. The third-order valence-electron chi connectivity index (χ3n) is 2.43. The highest BCUT2D eigenvalue weighted by Crippen LogP contribution is 2.26. The minimum atomic E-state index is -0.475. The minimum Gasteiger partial charge on any atom is -0.491 e. The number of benzene rings is 1. The molecule has 2 N–H and O–H groups in total. The van der Waals surface area contributed by atoms with Crippen molar-refractivity contribution in [3.8, 4) is 5.75 Å². The number of nitrogens with one attached hydrogen (secondary N) is 2. The first-order valence-electron chi connectivity index (χ1n) is 6.33. The topological polar surface area (TPSA) is 93.5 Å². The van der Waals surface area contributed by atoms with Crippen molar-refractivity contribution in [3.63, 3.8) is 0 Å². The number of rotatable bonds is 7. The Morgan fingerprint density at radius 3 is 2.65 bits per heavy atom. The Morgan fingerprint density at radius 1 is 1.40 bits per heavy atom. The second-order valence-electron chi connectivity index (χ2n) is 4.49. The summed E-state index contributed by atoms with van der Waals surface area (Å²) < 4.78 is 5.47. The Kier molecular flexibility index (Phi) is 5.76. The number of hydrogen-bond acceptors (Lipinski definition) is 5. The van der Waals surface area contributed by atoms with Crippen LogP contribution in [0.25, 0.3) is 0 Å². The molecule has 0 radical (unpaired) electrons. The van der Waals surface area contributed by atoms with E-state index in [2.05, 4.69) is 10.6 Å². The normalized spacial score (nSPS) is 10.2. The van der Waals surface area contributed by atoms with E-state index in [1.54, 1.807) is 13.1 Å². The number of nitro groups is 1. The predicted molar refractivity (Wildman–Crippen MR) is 76.0 cm³/mol. The second-order valence-corrected chi connectivity index (χ2v) is 4.49. The zero-order chi connectivity index (χ0) is 15.1. The summed E-state index contributed by atoms with van der Waals surface area (Å²) in [6.45, 7) is 4.08. The first-order chi connectivity index (χ1) is 9.42. The fourth-order valence-electron chi connectivity index (χ4n) is 1.58. The SMILES string of the molecule is CNC(=O)CCNc1cc(OC(C)C)cc([N+](=O)[O-])c1. The van der Waals surface area contributed by atoms with Crippen LogP contribution >= 0.6 is 0 Å². The minimum absolute atomic E-state index is 0.0504. The Labute approximate surface area is 117 Å². The fraction of sp³-hybridized carbons (Fsp3) is 0.462. The van der Waals surface area contributed by atoms with Crippen LogP contribution in [0.2, 0.25) is 0 Å². The van der Waals surface area contributed by atoms with Crippen LogP contribution in [-0.2, 0) is 4.79 Å². The van der Waals surface area contributed by atoms with Gasteiger partial charge in [-0.25, -0.2) is 0 Å². The number of hydrogen-bond donors (Lipinski definition) is 2. The fourth-order valence-corrected chi connectivity index (χ4v) is 1.58. The van der Waals surface area contributed by atoms with Crippen LogP contribution in [0.3, 0.4) is 0 Å². The summed E-state index contributed by atoms with van der Waals surface area (Å²) in [6, 6.07) is 4.47. The molecule has 0 bridgehead atoms. The van der Waals surface area contributed by atoms with E-state index in [4.69, 9.17) is 4.74 Å². The van der Waals surface area contributed by atoms with E-state index in [0.29, 0.717) is 24.4 Å². The maximum Gasteiger partial charge on any atom is 0.275 e.